The third-order valence-corrected chi connectivity index (χ3v) is 8.77. The molecular formula is C21H30Cl2N2O4S. The van der Waals surface area contributed by atoms with E-state index >= 15 is 0 Å². The average molecular weight is 477 g/mol. The SMILES string of the molecule is CC(C)(C)OC(=O)N1CCC(N2CCC(S(=O)(=O)c3ccc(Cl)c(Cl)c3)CC2)CC1. The number of likely N-dealkylation sites (tertiary alicyclic amines) is 2. The lowest BCUT2D eigenvalue weighted by Gasteiger charge is -2.41. The maximum atomic E-state index is 13.0. The Kier molecular flexibility index (Phi) is 7.27. The van der Waals surface area contributed by atoms with Gasteiger partial charge in [0.05, 0.1) is 20.2 Å². The van der Waals surface area contributed by atoms with Crippen LogP contribution in [-0.2, 0) is 14.6 Å². The summed E-state index contributed by atoms with van der Waals surface area (Å²) in [6.45, 7) is 8.42. The van der Waals surface area contributed by atoms with Crippen LogP contribution in [0.15, 0.2) is 23.1 Å². The highest BCUT2D eigenvalue weighted by atomic mass is 35.5. The molecule has 2 aliphatic heterocycles. The number of hydrogen-bond donors (Lipinski definition) is 0. The summed E-state index contributed by atoms with van der Waals surface area (Å²) in [6, 6.07) is 4.88. The summed E-state index contributed by atoms with van der Waals surface area (Å²) in [4.78, 5) is 16.6. The van der Waals surface area contributed by atoms with Gasteiger partial charge in [-0.15, -0.1) is 0 Å². The Morgan fingerprint density at radius 2 is 1.60 bits per heavy atom. The van der Waals surface area contributed by atoms with Crippen molar-refractivity contribution in [1.82, 2.24) is 9.80 Å². The van der Waals surface area contributed by atoms with Gasteiger partial charge in [-0.1, -0.05) is 23.2 Å². The first-order valence-electron chi connectivity index (χ1n) is 10.4. The monoisotopic (exact) mass is 476 g/mol. The summed E-state index contributed by atoms with van der Waals surface area (Å²) < 4.78 is 31.4. The largest absolute Gasteiger partial charge is 0.444 e. The third-order valence-electron chi connectivity index (χ3n) is 5.77. The van der Waals surface area contributed by atoms with Crippen LogP contribution in [0.4, 0.5) is 4.79 Å². The molecule has 0 spiro atoms. The molecule has 0 aliphatic carbocycles. The predicted molar refractivity (Wildman–Crippen MR) is 119 cm³/mol. The van der Waals surface area contributed by atoms with E-state index in [0.29, 0.717) is 37.0 Å². The number of nitrogens with zero attached hydrogens (tertiary/aromatic N) is 2. The van der Waals surface area contributed by atoms with E-state index in [1.165, 1.54) is 18.2 Å². The fourth-order valence-corrected chi connectivity index (χ4v) is 6.26. The number of sulfone groups is 1. The number of piperidine rings is 2. The minimum Gasteiger partial charge on any atom is -0.444 e. The molecule has 0 bridgehead atoms. The fraction of sp³-hybridized carbons (Fsp3) is 0.667. The Balaban J connectivity index is 1.52. The molecule has 2 heterocycles. The van der Waals surface area contributed by atoms with E-state index in [2.05, 4.69) is 4.90 Å². The molecule has 2 aliphatic rings. The molecule has 2 saturated heterocycles. The number of halogens is 2. The molecule has 0 unspecified atom stereocenters. The van der Waals surface area contributed by atoms with Gasteiger partial charge < -0.3 is 14.5 Å². The Morgan fingerprint density at radius 1 is 1.00 bits per heavy atom. The van der Waals surface area contributed by atoms with Crippen LogP contribution >= 0.6 is 23.2 Å². The average Bonchev–Trinajstić information content (AvgIpc) is 2.69. The molecule has 1 aromatic carbocycles. The van der Waals surface area contributed by atoms with E-state index in [-0.39, 0.29) is 16.0 Å². The van der Waals surface area contributed by atoms with Gasteiger partial charge in [0.25, 0.3) is 0 Å². The van der Waals surface area contributed by atoms with Crippen LogP contribution in [0.5, 0.6) is 0 Å². The van der Waals surface area contributed by atoms with Crippen LogP contribution in [0, 0.1) is 0 Å². The lowest BCUT2D eigenvalue weighted by Crippen LogP contribution is -2.50. The van der Waals surface area contributed by atoms with Crippen LogP contribution in [0.3, 0.4) is 0 Å². The van der Waals surface area contributed by atoms with E-state index in [4.69, 9.17) is 27.9 Å². The van der Waals surface area contributed by atoms with Crippen LogP contribution < -0.4 is 0 Å². The van der Waals surface area contributed by atoms with Gasteiger partial charge in [0.2, 0.25) is 0 Å². The van der Waals surface area contributed by atoms with Gasteiger partial charge in [0, 0.05) is 19.1 Å². The van der Waals surface area contributed by atoms with Gasteiger partial charge in [-0.2, -0.15) is 0 Å². The van der Waals surface area contributed by atoms with Gasteiger partial charge in [0.1, 0.15) is 5.60 Å². The number of rotatable bonds is 3. The second-order valence-corrected chi connectivity index (χ2v) is 12.1. The number of carbonyl (C=O) groups excluding carboxylic acids is 1. The lowest BCUT2D eigenvalue weighted by atomic mass is 10.00. The van der Waals surface area contributed by atoms with Gasteiger partial charge >= 0.3 is 6.09 Å². The molecular weight excluding hydrogens is 447 g/mol. The number of ether oxygens (including phenoxy) is 1. The molecule has 0 N–H and O–H groups in total. The molecule has 1 aromatic rings. The molecule has 6 nitrogen and oxygen atoms in total. The second-order valence-electron chi connectivity index (χ2n) is 9.05. The van der Waals surface area contributed by atoms with Crippen molar-refractivity contribution in [3.05, 3.63) is 28.2 Å². The van der Waals surface area contributed by atoms with Gasteiger partial charge in [-0.25, -0.2) is 13.2 Å². The van der Waals surface area contributed by atoms with Gasteiger partial charge in [0.15, 0.2) is 9.84 Å². The standard InChI is InChI=1S/C21H30Cl2N2O4S/c1-21(2,3)29-20(26)25-10-6-15(7-11-25)24-12-8-16(9-13-24)30(27,28)17-4-5-18(22)19(23)14-17/h4-5,14-16H,6-13H2,1-3H3. The molecule has 1 amide bonds. The van der Waals surface area contributed by atoms with Crippen LogP contribution in [0.25, 0.3) is 0 Å². The number of amides is 1. The van der Waals surface area contributed by atoms with Crippen molar-refractivity contribution in [2.45, 2.75) is 68.2 Å². The van der Waals surface area contributed by atoms with Crippen LogP contribution in [0.2, 0.25) is 10.0 Å². The Morgan fingerprint density at radius 3 is 2.13 bits per heavy atom. The van der Waals surface area contributed by atoms with Crippen LogP contribution in [0.1, 0.15) is 46.5 Å². The van der Waals surface area contributed by atoms with E-state index in [9.17, 15) is 13.2 Å². The second kappa shape index (κ2) is 9.23. The van der Waals surface area contributed by atoms with Crippen LogP contribution in [-0.4, -0.2) is 67.4 Å². The smallest absolute Gasteiger partial charge is 0.410 e. The van der Waals surface area contributed by atoms with Crippen molar-refractivity contribution in [1.29, 1.82) is 0 Å². The third kappa shape index (κ3) is 5.61. The van der Waals surface area contributed by atoms with E-state index in [1.54, 1.807) is 4.90 Å². The lowest BCUT2D eigenvalue weighted by molar-refractivity contribution is 0.0132. The fourth-order valence-electron chi connectivity index (χ4n) is 4.14. The highest BCUT2D eigenvalue weighted by molar-refractivity contribution is 7.92. The zero-order valence-corrected chi connectivity index (χ0v) is 20.1. The van der Waals surface area contributed by atoms with Crippen molar-refractivity contribution in [2.24, 2.45) is 0 Å². The number of carbonyl (C=O) groups is 1. The van der Waals surface area contributed by atoms with Crippen molar-refractivity contribution in [3.63, 3.8) is 0 Å². The van der Waals surface area contributed by atoms with Crippen molar-refractivity contribution >= 4 is 39.1 Å². The first-order valence-corrected chi connectivity index (χ1v) is 12.7. The van der Waals surface area contributed by atoms with E-state index in [1.807, 2.05) is 20.8 Å². The zero-order chi connectivity index (χ0) is 22.1. The highest BCUT2D eigenvalue weighted by Gasteiger charge is 2.35. The molecule has 2 fully saturated rings. The summed E-state index contributed by atoms with van der Waals surface area (Å²) in [5, 5.41) is 0.197. The molecule has 3 rings (SSSR count). The molecule has 0 aromatic heterocycles. The molecule has 0 saturated carbocycles. The van der Waals surface area contributed by atoms with Crippen molar-refractivity contribution in [3.8, 4) is 0 Å². The summed E-state index contributed by atoms with van der Waals surface area (Å²) in [5.41, 5.74) is -0.490. The molecule has 0 atom stereocenters. The molecule has 9 heteroatoms. The molecule has 0 radical (unpaired) electrons. The molecule has 30 heavy (non-hydrogen) atoms. The number of benzene rings is 1. The Bertz CT molecular complexity index is 869. The topological polar surface area (TPSA) is 66.9 Å². The summed E-state index contributed by atoms with van der Waals surface area (Å²) in [6.07, 6.45) is 2.68. The first-order chi connectivity index (χ1) is 14.0. The zero-order valence-electron chi connectivity index (χ0n) is 17.7. The molecule has 168 valence electrons. The predicted octanol–water partition coefficient (Wildman–Crippen LogP) is 4.63. The summed E-state index contributed by atoms with van der Waals surface area (Å²) in [7, 11) is -3.43. The van der Waals surface area contributed by atoms with E-state index < -0.39 is 20.7 Å². The normalized spacial score (nSPS) is 20.4. The maximum absolute atomic E-state index is 13.0. The van der Waals surface area contributed by atoms with Gasteiger partial charge in [-0.05, 0) is 77.7 Å². The Labute approximate surface area is 189 Å². The summed E-state index contributed by atoms with van der Waals surface area (Å²) >= 11 is 11.9. The van der Waals surface area contributed by atoms with Gasteiger partial charge in [-0.3, -0.25) is 0 Å². The first kappa shape index (κ1) is 23.6. The highest BCUT2D eigenvalue weighted by Crippen LogP contribution is 2.31. The minimum atomic E-state index is -3.43. The maximum Gasteiger partial charge on any atom is 0.410 e. The van der Waals surface area contributed by atoms with Crippen molar-refractivity contribution in [2.75, 3.05) is 26.2 Å². The summed E-state index contributed by atoms with van der Waals surface area (Å²) in [5.74, 6) is 0. The number of hydrogen-bond acceptors (Lipinski definition) is 5. The quantitative estimate of drug-likeness (QED) is 0.635. The van der Waals surface area contributed by atoms with E-state index in [0.717, 1.165) is 25.9 Å². The van der Waals surface area contributed by atoms with Crippen molar-refractivity contribution < 1.29 is 17.9 Å². The minimum absolute atomic E-state index is 0.237. The Hall–Kier alpha value is -1.02.